The molecule has 0 unspecified atom stereocenters. The van der Waals surface area contributed by atoms with Crippen LogP contribution < -0.4 is 16.2 Å². The van der Waals surface area contributed by atoms with Gasteiger partial charge in [-0.2, -0.15) is 10.2 Å². The maximum atomic E-state index is 9.23. The number of aromatic nitrogens is 1. The van der Waals surface area contributed by atoms with Crippen molar-refractivity contribution in [1.82, 2.24) is 4.98 Å². The highest BCUT2D eigenvalue weighted by molar-refractivity contribution is 5.91. The number of hydrogen-bond acceptors (Lipinski definition) is 5. The first-order valence-electron chi connectivity index (χ1n) is 7.30. The van der Waals surface area contributed by atoms with E-state index in [2.05, 4.69) is 11.1 Å². The van der Waals surface area contributed by atoms with E-state index in [9.17, 15) is 5.26 Å². The van der Waals surface area contributed by atoms with Gasteiger partial charge in [0.25, 0.3) is 0 Å². The summed E-state index contributed by atoms with van der Waals surface area (Å²) < 4.78 is 6.04. The fourth-order valence-electron chi connectivity index (χ4n) is 3.19. The molecule has 0 radical (unpaired) electrons. The van der Waals surface area contributed by atoms with Crippen molar-refractivity contribution < 1.29 is 4.74 Å². The molecule has 0 spiro atoms. The number of hydrogen-bond donors (Lipinski definition) is 2. The van der Waals surface area contributed by atoms with Crippen LogP contribution >= 0.6 is 0 Å². The predicted molar refractivity (Wildman–Crippen MR) is 89.3 cm³/mol. The highest BCUT2D eigenvalue weighted by atomic mass is 16.5. The lowest BCUT2D eigenvalue weighted by molar-refractivity contribution is 0.437. The van der Waals surface area contributed by atoms with Crippen molar-refractivity contribution in [3.63, 3.8) is 0 Å². The van der Waals surface area contributed by atoms with Gasteiger partial charge < -0.3 is 16.2 Å². The molecule has 5 nitrogen and oxygen atoms in total. The van der Waals surface area contributed by atoms with Crippen LogP contribution in [-0.2, 0) is 0 Å². The van der Waals surface area contributed by atoms with E-state index in [1.165, 1.54) is 0 Å². The SMILES string of the molecule is C[C@@H]1c2ccc3ccccc3c2Oc2nc(N)c(C#N)c(N)c21. The van der Waals surface area contributed by atoms with E-state index < -0.39 is 0 Å². The van der Waals surface area contributed by atoms with Crippen LogP contribution in [0.25, 0.3) is 10.8 Å². The maximum absolute atomic E-state index is 9.23. The maximum Gasteiger partial charge on any atom is 0.227 e. The third kappa shape index (κ3) is 1.75. The molecule has 23 heavy (non-hydrogen) atoms. The molecule has 5 heteroatoms. The van der Waals surface area contributed by atoms with Crippen LogP contribution in [0.1, 0.15) is 29.5 Å². The molecule has 0 saturated carbocycles. The van der Waals surface area contributed by atoms with Gasteiger partial charge in [-0.3, -0.25) is 0 Å². The van der Waals surface area contributed by atoms with Crippen molar-refractivity contribution in [1.29, 1.82) is 5.26 Å². The molecule has 0 saturated heterocycles. The van der Waals surface area contributed by atoms with Gasteiger partial charge in [0.15, 0.2) is 0 Å². The van der Waals surface area contributed by atoms with E-state index in [1.807, 2.05) is 43.3 Å². The molecule has 3 aromatic rings. The average Bonchev–Trinajstić information content (AvgIpc) is 2.54. The summed E-state index contributed by atoms with van der Waals surface area (Å²) in [6.07, 6.45) is 0. The molecule has 4 N–H and O–H groups in total. The Morgan fingerprint density at radius 2 is 1.96 bits per heavy atom. The van der Waals surface area contributed by atoms with Gasteiger partial charge in [-0.05, 0) is 5.39 Å². The molecule has 0 amide bonds. The smallest absolute Gasteiger partial charge is 0.227 e. The van der Waals surface area contributed by atoms with E-state index in [4.69, 9.17) is 16.2 Å². The molecular formula is C18H14N4O. The van der Waals surface area contributed by atoms with Crippen molar-refractivity contribution in [3.8, 4) is 17.7 Å². The highest BCUT2D eigenvalue weighted by Crippen LogP contribution is 2.49. The standard InChI is InChI=1S/C18H14N4O/c1-9-11-7-6-10-4-2-3-5-12(10)16(11)23-18-14(9)15(20)13(8-19)17(21)22-18/h2-7,9H,1H3,(H4,20,21,22)/t9-/m1/s1. The molecule has 2 aromatic carbocycles. The Bertz CT molecular complexity index is 1000. The Morgan fingerprint density at radius 1 is 1.17 bits per heavy atom. The second-order valence-corrected chi connectivity index (χ2v) is 5.65. The van der Waals surface area contributed by atoms with Crippen molar-refractivity contribution in [2.24, 2.45) is 0 Å². The number of rotatable bonds is 0. The molecular weight excluding hydrogens is 288 g/mol. The summed E-state index contributed by atoms with van der Waals surface area (Å²) in [6.45, 7) is 2.03. The number of ether oxygens (including phenoxy) is 1. The normalized spacial score (nSPS) is 15.4. The van der Waals surface area contributed by atoms with E-state index >= 15 is 0 Å². The summed E-state index contributed by atoms with van der Waals surface area (Å²) in [4.78, 5) is 4.25. The molecule has 0 bridgehead atoms. The third-order valence-electron chi connectivity index (χ3n) is 4.39. The van der Waals surface area contributed by atoms with E-state index in [1.54, 1.807) is 0 Å². The van der Waals surface area contributed by atoms with Crippen LogP contribution in [0.15, 0.2) is 36.4 Å². The van der Waals surface area contributed by atoms with Crippen molar-refractivity contribution in [3.05, 3.63) is 53.1 Å². The molecule has 2 heterocycles. The Hall–Kier alpha value is -3.26. The number of nitrogens with two attached hydrogens (primary N) is 2. The summed E-state index contributed by atoms with van der Waals surface area (Å²) in [5, 5.41) is 11.3. The van der Waals surface area contributed by atoms with Crippen LogP contribution in [0, 0.1) is 11.3 Å². The zero-order chi connectivity index (χ0) is 16.1. The Kier molecular flexibility index (Phi) is 2.69. The second kappa shape index (κ2) is 4.62. The number of nitriles is 1. The fraction of sp³-hybridized carbons (Fsp3) is 0.111. The molecule has 0 fully saturated rings. The quantitative estimate of drug-likeness (QED) is 0.662. The van der Waals surface area contributed by atoms with Crippen molar-refractivity contribution in [2.45, 2.75) is 12.8 Å². The number of fused-ring (bicyclic) bond motifs is 4. The summed E-state index contributed by atoms with van der Waals surface area (Å²) in [5.41, 5.74) is 14.3. The fourth-order valence-corrected chi connectivity index (χ4v) is 3.19. The van der Waals surface area contributed by atoms with Crippen molar-refractivity contribution in [2.75, 3.05) is 11.5 Å². The van der Waals surface area contributed by atoms with Gasteiger partial charge in [-0.15, -0.1) is 0 Å². The first kappa shape index (κ1) is 13.4. The number of benzene rings is 2. The van der Waals surface area contributed by atoms with E-state index in [0.29, 0.717) is 11.6 Å². The largest absolute Gasteiger partial charge is 0.438 e. The minimum Gasteiger partial charge on any atom is -0.438 e. The molecule has 1 aromatic heterocycles. The summed E-state index contributed by atoms with van der Waals surface area (Å²) >= 11 is 0. The van der Waals surface area contributed by atoms with Gasteiger partial charge in [0, 0.05) is 22.4 Å². The molecule has 1 aliphatic heterocycles. The Labute approximate surface area is 133 Å². The highest BCUT2D eigenvalue weighted by Gasteiger charge is 2.30. The third-order valence-corrected chi connectivity index (χ3v) is 4.39. The van der Waals surface area contributed by atoms with Crippen LogP contribution in [0.4, 0.5) is 11.5 Å². The van der Waals surface area contributed by atoms with Gasteiger partial charge >= 0.3 is 0 Å². The summed E-state index contributed by atoms with van der Waals surface area (Å²) in [6, 6.07) is 14.1. The number of anilines is 2. The number of nitrogens with zero attached hydrogens (tertiary/aromatic N) is 2. The van der Waals surface area contributed by atoms with Crippen LogP contribution in [-0.4, -0.2) is 4.98 Å². The lowest BCUT2D eigenvalue weighted by atomic mass is 9.87. The van der Waals surface area contributed by atoms with Crippen molar-refractivity contribution >= 4 is 22.3 Å². The van der Waals surface area contributed by atoms with Gasteiger partial charge in [-0.25, -0.2) is 0 Å². The topological polar surface area (TPSA) is 98.0 Å². The number of pyridine rings is 1. The van der Waals surface area contributed by atoms with Crippen LogP contribution in [0.2, 0.25) is 0 Å². The lowest BCUT2D eigenvalue weighted by Gasteiger charge is -2.27. The van der Waals surface area contributed by atoms with Gasteiger partial charge in [0.2, 0.25) is 5.88 Å². The first-order valence-corrected chi connectivity index (χ1v) is 7.30. The van der Waals surface area contributed by atoms with Gasteiger partial charge in [0.05, 0.1) is 5.69 Å². The Morgan fingerprint density at radius 3 is 2.74 bits per heavy atom. The van der Waals surface area contributed by atoms with Gasteiger partial charge in [0.1, 0.15) is 23.2 Å². The molecule has 112 valence electrons. The summed E-state index contributed by atoms with van der Waals surface area (Å²) in [5.74, 6) is 1.23. The van der Waals surface area contributed by atoms with Crippen LogP contribution in [0.5, 0.6) is 11.6 Å². The van der Waals surface area contributed by atoms with Gasteiger partial charge in [-0.1, -0.05) is 43.3 Å². The zero-order valence-corrected chi connectivity index (χ0v) is 12.5. The average molecular weight is 302 g/mol. The predicted octanol–water partition coefficient (Wildman–Crippen LogP) is 3.53. The molecule has 4 rings (SSSR count). The van der Waals surface area contributed by atoms with Crippen LogP contribution in [0.3, 0.4) is 0 Å². The second-order valence-electron chi connectivity index (χ2n) is 5.65. The lowest BCUT2D eigenvalue weighted by Crippen LogP contribution is -2.14. The molecule has 1 aliphatic rings. The monoisotopic (exact) mass is 302 g/mol. The number of nitrogen functional groups attached to an aromatic ring is 2. The molecule has 0 aliphatic carbocycles. The molecule has 1 atom stereocenters. The minimum atomic E-state index is -0.0291. The van der Waals surface area contributed by atoms with E-state index in [0.717, 1.165) is 27.6 Å². The zero-order valence-electron chi connectivity index (χ0n) is 12.5. The summed E-state index contributed by atoms with van der Waals surface area (Å²) in [7, 11) is 0. The van der Waals surface area contributed by atoms with E-state index in [-0.39, 0.29) is 17.3 Å². The first-order chi connectivity index (χ1) is 11.1. The Balaban J connectivity index is 2.02. The minimum absolute atomic E-state index is 0.0291.